The van der Waals surface area contributed by atoms with Gasteiger partial charge in [0, 0.05) is 47.8 Å². The third kappa shape index (κ3) is 5.11. The zero-order chi connectivity index (χ0) is 40.3. The van der Waals surface area contributed by atoms with Gasteiger partial charge in [0.05, 0.1) is 5.69 Å². The zero-order valence-corrected chi connectivity index (χ0v) is 35.1. The first-order chi connectivity index (χ1) is 29.3. The Balaban J connectivity index is 0.989. The van der Waals surface area contributed by atoms with Gasteiger partial charge < -0.3 is 4.90 Å². The first kappa shape index (κ1) is 35.2. The molecule has 2 aliphatic carbocycles. The quantitative estimate of drug-likeness (QED) is 0.168. The van der Waals surface area contributed by atoms with E-state index in [0.29, 0.717) is 0 Å². The minimum absolute atomic E-state index is 0.171. The van der Waals surface area contributed by atoms with Crippen LogP contribution in [-0.4, -0.2) is 0 Å². The predicted octanol–water partition coefficient (Wildman–Crippen LogP) is 16.6. The minimum atomic E-state index is -0.201. The standard InChI is InChI=1S/C58H43NS/c1-57(2)50-32-38(36-14-6-5-7-15-36)24-28-44(50)46-30-26-40(34-52(46)57)59(54-22-12-17-37-16-8-9-18-42(37)54)41-27-31-47-45-29-25-39(33-51(45)58(3,4)53(47)35-41)43-20-13-21-49-48-19-10-11-23-55(48)60-56(43)49/h5-35H,1-4H3. The normalized spacial score (nSPS) is 14.3. The maximum Gasteiger partial charge on any atom is 0.0540 e. The smallest absolute Gasteiger partial charge is 0.0540 e. The molecule has 12 rings (SSSR count). The van der Waals surface area contributed by atoms with E-state index in [0.717, 1.165) is 0 Å². The van der Waals surface area contributed by atoms with Gasteiger partial charge >= 0.3 is 0 Å². The number of benzene rings is 9. The molecule has 0 saturated carbocycles. The van der Waals surface area contributed by atoms with Crippen molar-refractivity contribution >= 4 is 59.3 Å². The van der Waals surface area contributed by atoms with Crippen LogP contribution in [0.25, 0.3) is 75.5 Å². The Hall–Kier alpha value is -6.74. The van der Waals surface area contributed by atoms with Crippen LogP contribution in [0.2, 0.25) is 0 Å². The predicted molar refractivity (Wildman–Crippen MR) is 258 cm³/mol. The SMILES string of the molecule is CC1(C)c2cc(-c3ccccc3)ccc2-c2ccc(N(c3ccc4c(c3)C(C)(C)c3cc(-c5cccc6c5sc5ccccc56)ccc3-4)c3cccc4ccccc34)cc21. The van der Waals surface area contributed by atoms with Crippen LogP contribution in [0.5, 0.6) is 0 Å². The van der Waals surface area contributed by atoms with Gasteiger partial charge in [-0.1, -0.05) is 167 Å². The molecule has 0 bridgehead atoms. The number of nitrogens with zero attached hydrogens (tertiary/aromatic N) is 1. The van der Waals surface area contributed by atoms with Crippen molar-refractivity contribution in [1.29, 1.82) is 0 Å². The second kappa shape index (κ2) is 12.9. The first-order valence-electron chi connectivity index (χ1n) is 21.1. The maximum absolute atomic E-state index is 2.50. The van der Waals surface area contributed by atoms with Crippen molar-refractivity contribution in [3.8, 4) is 44.5 Å². The van der Waals surface area contributed by atoms with Gasteiger partial charge in [0.2, 0.25) is 0 Å². The highest BCUT2D eigenvalue weighted by atomic mass is 32.1. The van der Waals surface area contributed by atoms with Crippen LogP contribution in [0.4, 0.5) is 17.1 Å². The molecule has 0 fully saturated rings. The molecule has 1 heterocycles. The Bertz CT molecular complexity index is 3380. The maximum atomic E-state index is 2.50. The fraction of sp³-hybridized carbons (Fsp3) is 0.103. The Morgan fingerprint density at radius 1 is 0.367 bits per heavy atom. The van der Waals surface area contributed by atoms with E-state index in [9.17, 15) is 0 Å². The Kier molecular flexibility index (Phi) is 7.56. The summed E-state index contributed by atoms with van der Waals surface area (Å²) in [6.45, 7) is 9.60. The molecule has 0 unspecified atom stereocenters. The summed E-state index contributed by atoms with van der Waals surface area (Å²) in [5, 5.41) is 5.14. The summed E-state index contributed by atoms with van der Waals surface area (Å²) in [6.07, 6.45) is 0. The van der Waals surface area contributed by atoms with E-state index >= 15 is 0 Å². The van der Waals surface area contributed by atoms with Crippen LogP contribution in [0.15, 0.2) is 188 Å². The van der Waals surface area contributed by atoms with Crippen molar-refractivity contribution in [2.75, 3.05) is 4.90 Å². The monoisotopic (exact) mass is 785 g/mol. The highest BCUT2D eigenvalue weighted by molar-refractivity contribution is 7.26. The molecule has 0 N–H and O–H groups in total. The molecule has 1 aromatic heterocycles. The topological polar surface area (TPSA) is 3.24 Å². The Morgan fingerprint density at radius 3 is 1.58 bits per heavy atom. The molecule has 60 heavy (non-hydrogen) atoms. The lowest BCUT2D eigenvalue weighted by Crippen LogP contribution is -2.18. The number of fused-ring (bicyclic) bond motifs is 10. The van der Waals surface area contributed by atoms with Gasteiger partial charge in [-0.05, 0) is 121 Å². The summed E-state index contributed by atoms with van der Waals surface area (Å²) >= 11 is 1.90. The summed E-state index contributed by atoms with van der Waals surface area (Å²) in [5.74, 6) is 0. The lowest BCUT2D eigenvalue weighted by molar-refractivity contribution is 0.660. The van der Waals surface area contributed by atoms with Crippen LogP contribution >= 0.6 is 11.3 Å². The molecule has 0 amide bonds. The van der Waals surface area contributed by atoms with Gasteiger partial charge in [0.15, 0.2) is 0 Å². The molecule has 1 nitrogen and oxygen atoms in total. The van der Waals surface area contributed by atoms with Crippen LogP contribution in [0.1, 0.15) is 49.9 Å². The van der Waals surface area contributed by atoms with Crippen LogP contribution in [-0.2, 0) is 10.8 Å². The van der Waals surface area contributed by atoms with Crippen molar-refractivity contribution in [1.82, 2.24) is 0 Å². The Labute approximate surface area is 355 Å². The van der Waals surface area contributed by atoms with Gasteiger partial charge in [-0.3, -0.25) is 0 Å². The lowest BCUT2D eigenvalue weighted by Gasteiger charge is -2.30. The molecule has 286 valence electrons. The van der Waals surface area contributed by atoms with E-state index in [2.05, 4.69) is 221 Å². The van der Waals surface area contributed by atoms with Gasteiger partial charge in [-0.25, -0.2) is 0 Å². The van der Waals surface area contributed by atoms with Gasteiger partial charge in [-0.15, -0.1) is 11.3 Å². The number of hydrogen-bond acceptors (Lipinski definition) is 2. The lowest BCUT2D eigenvalue weighted by atomic mass is 9.81. The van der Waals surface area contributed by atoms with Crippen molar-refractivity contribution in [3.05, 3.63) is 210 Å². The molecule has 0 radical (unpaired) electrons. The molecule has 0 atom stereocenters. The van der Waals surface area contributed by atoms with E-state index in [1.165, 1.54) is 115 Å². The van der Waals surface area contributed by atoms with Gasteiger partial charge in [0.1, 0.15) is 0 Å². The summed E-state index contributed by atoms with van der Waals surface area (Å²) in [5.41, 5.74) is 19.0. The van der Waals surface area contributed by atoms with Crippen LogP contribution < -0.4 is 4.90 Å². The van der Waals surface area contributed by atoms with E-state index in [1.807, 2.05) is 11.3 Å². The summed E-state index contributed by atoms with van der Waals surface area (Å²) in [7, 11) is 0. The third-order valence-corrected chi connectivity index (χ3v) is 14.9. The van der Waals surface area contributed by atoms with E-state index in [1.54, 1.807) is 0 Å². The molecular weight excluding hydrogens is 743 g/mol. The van der Waals surface area contributed by atoms with E-state index < -0.39 is 0 Å². The summed E-state index contributed by atoms with van der Waals surface area (Å²) < 4.78 is 2.70. The van der Waals surface area contributed by atoms with Crippen LogP contribution in [0.3, 0.4) is 0 Å². The molecule has 0 spiro atoms. The molecule has 2 heteroatoms. The zero-order valence-electron chi connectivity index (χ0n) is 34.3. The number of thiophene rings is 1. The second-order valence-corrected chi connectivity index (χ2v) is 18.8. The molecule has 0 aliphatic heterocycles. The van der Waals surface area contributed by atoms with Gasteiger partial charge in [-0.2, -0.15) is 0 Å². The van der Waals surface area contributed by atoms with Crippen molar-refractivity contribution in [3.63, 3.8) is 0 Å². The number of anilines is 3. The van der Waals surface area contributed by atoms with Crippen LogP contribution in [0, 0.1) is 0 Å². The Morgan fingerprint density at radius 2 is 0.883 bits per heavy atom. The number of rotatable bonds is 5. The highest BCUT2D eigenvalue weighted by Gasteiger charge is 2.38. The minimum Gasteiger partial charge on any atom is -0.310 e. The van der Waals surface area contributed by atoms with E-state index in [-0.39, 0.29) is 10.8 Å². The number of hydrogen-bond donors (Lipinski definition) is 0. The fourth-order valence-electron chi connectivity index (χ4n) is 10.5. The summed E-state index contributed by atoms with van der Waals surface area (Å²) in [4.78, 5) is 2.50. The molecule has 10 aromatic rings. The second-order valence-electron chi connectivity index (χ2n) is 17.7. The largest absolute Gasteiger partial charge is 0.310 e. The third-order valence-electron chi connectivity index (χ3n) is 13.7. The molecule has 9 aromatic carbocycles. The van der Waals surface area contributed by atoms with E-state index in [4.69, 9.17) is 0 Å². The summed E-state index contributed by atoms with van der Waals surface area (Å²) in [6, 6.07) is 70.4. The molecule has 0 saturated heterocycles. The fourth-order valence-corrected chi connectivity index (χ4v) is 11.8. The molecular formula is C58H43NS. The highest BCUT2D eigenvalue weighted by Crippen LogP contribution is 2.55. The average Bonchev–Trinajstić information content (AvgIpc) is 3.86. The van der Waals surface area contributed by atoms with Crippen molar-refractivity contribution < 1.29 is 0 Å². The first-order valence-corrected chi connectivity index (χ1v) is 21.9. The van der Waals surface area contributed by atoms with Gasteiger partial charge in [0.25, 0.3) is 0 Å². The average molecular weight is 786 g/mol. The molecule has 2 aliphatic rings. The van der Waals surface area contributed by atoms with Crippen molar-refractivity contribution in [2.24, 2.45) is 0 Å². The van der Waals surface area contributed by atoms with Crippen molar-refractivity contribution in [2.45, 2.75) is 38.5 Å².